The summed E-state index contributed by atoms with van der Waals surface area (Å²) in [4.78, 5) is 2.47. The minimum atomic E-state index is -0.233. The average Bonchev–Trinajstić information content (AvgIpc) is 2.41. The maximum atomic E-state index is 13.8. The van der Waals surface area contributed by atoms with E-state index >= 15 is 0 Å². The molecule has 1 aliphatic heterocycles. The lowest BCUT2D eigenvalue weighted by molar-refractivity contribution is 0.189. The van der Waals surface area contributed by atoms with Crippen molar-refractivity contribution in [2.45, 2.75) is 25.9 Å². The molecule has 0 bridgehead atoms. The molecule has 1 fully saturated rings. The molecular formula is C15H23FN2S. The van der Waals surface area contributed by atoms with Crippen LogP contribution >= 0.6 is 11.8 Å². The number of nitrogens with zero attached hydrogens (tertiary/aromatic N) is 1. The largest absolute Gasteiger partial charge is 0.324 e. The molecule has 4 heteroatoms. The van der Waals surface area contributed by atoms with Gasteiger partial charge in [-0.1, -0.05) is 25.1 Å². The normalized spacial score (nSPS) is 24.1. The second-order valence-electron chi connectivity index (χ2n) is 5.44. The SMILES string of the molecule is CC(CN1CCSCC1C)C(N)c1ccccc1F. The Bertz CT molecular complexity index is 413. The Labute approximate surface area is 119 Å². The molecule has 2 rings (SSSR count). The van der Waals surface area contributed by atoms with Crippen LogP contribution < -0.4 is 5.73 Å². The van der Waals surface area contributed by atoms with Crippen LogP contribution in [0.25, 0.3) is 0 Å². The third kappa shape index (κ3) is 3.71. The van der Waals surface area contributed by atoms with E-state index in [1.165, 1.54) is 17.6 Å². The van der Waals surface area contributed by atoms with Crippen LogP contribution in [0, 0.1) is 11.7 Å². The molecule has 0 saturated carbocycles. The molecule has 1 aliphatic rings. The van der Waals surface area contributed by atoms with Gasteiger partial charge in [-0.25, -0.2) is 4.39 Å². The van der Waals surface area contributed by atoms with Crippen LogP contribution in [0.5, 0.6) is 0 Å². The molecule has 2 nitrogen and oxygen atoms in total. The van der Waals surface area contributed by atoms with Gasteiger partial charge in [0.15, 0.2) is 0 Å². The van der Waals surface area contributed by atoms with Gasteiger partial charge in [0.2, 0.25) is 0 Å². The first-order valence-corrected chi connectivity index (χ1v) is 8.07. The van der Waals surface area contributed by atoms with Gasteiger partial charge in [0.05, 0.1) is 0 Å². The molecule has 1 aromatic carbocycles. The second kappa shape index (κ2) is 6.73. The van der Waals surface area contributed by atoms with Crippen molar-refractivity contribution in [1.82, 2.24) is 4.90 Å². The molecule has 2 N–H and O–H groups in total. The summed E-state index contributed by atoms with van der Waals surface area (Å²) in [5.41, 5.74) is 6.86. The van der Waals surface area contributed by atoms with E-state index < -0.39 is 0 Å². The minimum Gasteiger partial charge on any atom is -0.324 e. The summed E-state index contributed by atoms with van der Waals surface area (Å²) in [7, 11) is 0. The predicted molar refractivity (Wildman–Crippen MR) is 80.9 cm³/mol. The van der Waals surface area contributed by atoms with Crippen LogP contribution in [0.1, 0.15) is 25.5 Å². The fraction of sp³-hybridized carbons (Fsp3) is 0.600. The van der Waals surface area contributed by atoms with Crippen molar-refractivity contribution in [1.29, 1.82) is 0 Å². The van der Waals surface area contributed by atoms with E-state index in [4.69, 9.17) is 5.73 Å². The number of nitrogens with two attached hydrogens (primary N) is 1. The molecule has 0 amide bonds. The van der Waals surface area contributed by atoms with Crippen molar-refractivity contribution >= 4 is 11.8 Å². The molecule has 1 aromatic rings. The lowest BCUT2D eigenvalue weighted by Gasteiger charge is -2.36. The molecule has 0 spiro atoms. The highest BCUT2D eigenvalue weighted by molar-refractivity contribution is 7.99. The van der Waals surface area contributed by atoms with E-state index in [1.807, 2.05) is 17.8 Å². The van der Waals surface area contributed by atoms with Crippen LogP contribution in [0.4, 0.5) is 4.39 Å². The summed E-state index contributed by atoms with van der Waals surface area (Å²) in [5, 5.41) is 0. The van der Waals surface area contributed by atoms with Crippen LogP contribution in [-0.4, -0.2) is 35.5 Å². The first-order chi connectivity index (χ1) is 9.09. The molecule has 1 heterocycles. The summed E-state index contributed by atoms with van der Waals surface area (Å²) in [6, 6.07) is 7.20. The number of rotatable bonds is 4. The number of hydrogen-bond donors (Lipinski definition) is 1. The van der Waals surface area contributed by atoms with E-state index in [9.17, 15) is 4.39 Å². The zero-order valence-corrected chi connectivity index (χ0v) is 12.5. The van der Waals surface area contributed by atoms with E-state index in [-0.39, 0.29) is 17.8 Å². The smallest absolute Gasteiger partial charge is 0.127 e. The lowest BCUT2D eigenvalue weighted by atomic mass is 9.94. The van der Waals surface area contributed by atoms with E-state index in [1.54, 1.807) is 12.1 Å². The lowest BCUT2D eigenvalue weighted by Crippen LogP contribution is -2.44. The second-order valence-corrected chi connectivity index (χ2v) is 6.59. The monoisotopic (exact) mass is 282 g/mol. The van der Waals surface area contributed by atoms with Crippen molar-refractivity contribution in [2.24, 2.45) is 11.7 Å². The fourth-order valence-electron chi connectivity index (χ4n) is 2.57. The standard InChI is InChI=1S/C15H23FN2S/c1-11(9-18-7-8-19-10-12(18)2)15(17)13-5-3-4-6-14(13)16/h3-6,11-12,15H,7-10,17H2,1-2H3. The Balaban J connectivity index is 1.99. The quantitative estimate of drug-likeness (QED) is 0.921. The Kier molecular flexibility index (Phi) is 5.25. The third-order valence-corrected chi connectivity index (χ3v) is 5.09. The Morgan fingerprint density at radius 3 is 2.89 bits per heavy atom. The van der Waals surface area contributed by atoms with Gasteiger partial charge in [-0.2, -0.15) is 11.8 Å². The minimum absolute atomic E-state index is 0.191. The van der Waals surface area contributed by atoms with Crippen molar-refractivity contribution in [3.8, 4) is 0 Å². The highest BCUT2D eigenvalue weighted by atomic mass is 32.2. The molecule has 0 aliphatic carbocycles. The van der Waals surface area contributed by atoms with Gasteiger partial charge in [-0.3, -0.25) is 4.90 Å². The van der Waals surface area contributed by atoms with Gasteiger partial charge >= 0.3 is 0 Å². The molecule has 0 aromatic heterocycles. The Hall–Kier alpha value is -0.580. The van der Waals surface area contributed by atoms with Crippen LogP contribution in [0.3, 0.4) is 0 Å². The van der Waals surface area contributed by atoms with Gasteiger partial charge in [0.25, 0.3) is 0 Å². The van der Waals surface area contributed by atoms with Gasteiger partial charge < -0.3 is 5.73 Å². The fourth-order valence-corrected chi connectivity index (χ4v) is 3.65. The maximum absolute atomic E-state index is 13.8. The number of thioether (sulfide) groups is 1. The van der Waals surface area contributed by atoms with Gasteiger partial charge in [-0.05, 0) is 18.9 Å². The zero-order chi connectivity index (χ0) is 13.8. The van der Waals surface area contributed by atoms with Crippen molar-refractivity contribution in [3.05, 3.63) is 35.6 Å². The highest BCUT2D eigenvalue weighted by Crippen LogP contribution is 2.25. The van der Waals surface area contributed by atoms with Crippen LogP contribution in [0.2, 0.25) is 0 Å². The van der Waals surface area contributed by atoms with E-state index in [2.05, 4.69) is 18.7 Å². The van der Waals surface area contributed by atoms with Crippen LogP contribution in [-0.2, 0) is 0 Å². The zero-order valence-electron chi connectivity index (χ0n) is 11.7. The first-order valence-electron chi connectivity index (χ1n) is 6.91. The first kappa shape index (κ1) is 14.8. The molecule has 19 heavy (non-hydrogen) atoms. The van der Waals surface area contributed by atoms with Crippen molar-refractivity contribution < 1.29 is 4.39 Å². The molecular weight excluding hydrogens is 259 g/mol. The number of benzene rings is 1. The average molecular weight is 282 g/mol. The van der Waals surface area contributed by atoms with E-state index in [0.29, 0.717) is 11.6 Å². The van der Waals surface area contributed by atoms with Crippen LogP contribution in [0.15, 0.2) is 24.3 Å². The van der Waals surface area contributed by atoms with Gasteiger partial charge in [0, 0.05) is 42.2 Å². The van der Waals surface area contributed by atoms with Gasteiger partial charge in [0.1, 0.15) is 5.82 Å². The summed E-state index contributed by atoms with van der Waals surface area (Å²) >= 11 is 2.01. The predicted octanol–water partition coefficient (Wildman–Crippen LogP) is 2.90. The van der Waals surface area contributed by atoms with Gasteiger partial charge in [-0.15, -0.1) is 0 Å². The number of halogens is 1. The molecule has 1 saturated heterocycles. The van der Waals surface area contributed by atoms with Crippen molar-refractivity contribution in [2.75, 3.05) is 24.6 Å². The summed E-state index contributed by atoms with van der Waals surface area (Å²) < 4.78 is 13.8. The summed E-state index contributed by atoms with van der Waals surface area (Å²) in [5.74, 6) is 2.43. The Morgan fingerprint density at radius 2 is 2.21 bits per heavy atom. The van der Waals surface area contributed by atoms with Crippen molar-refractivity contribution in [3.63, 3.8) is 0 Å². The Morgan fingerprint density at radius 1 is 1.47 bits per heavy atom. The third-order valence-electron chi connectivity index (χ3n) is 3.91. The topological polar surface area (TPSA) is 29.3 Å². The molecule has 3 atom stereocenters. The molecule has 106 valence electrons. The molecule has 3 unspecified atom stereocenters. The number of hydrogen-bond acceptors (Lipinski definition) is 3. The van der Waals surface area contributed by atoms with E-state index in [0.717, 1.165) is 13.1 Å². The highest BCUT2D eigenvalue weighted by Gasteiger charge is 2.24. The molecule has 0 radical (unpaired) electrons. The summed E-state index contributed by atoms with van der Waals surface area (Å²) in [6.07, 6.45) is 0. The maximum Gasteiger partial charge on any atom is 0.127 e. The summed E-state index contributed by atoms with van der Waals surface area (Å²) in [6.45, 7) is 6.43.